The second kappa shape index (κ2) is 4.77. The highest BCUT2D eigenvalue weighted by molar-refractivity contribution is 5.66. The second-order valence-electron chi connectivity index (χ2n) is 4.27. The minimum absolute atomic E-state index is 0.495. The summed E-state index contributed by atoms with van der Waals surface area (Å²) in [6.07, 6.45) is -4.33. The Bertz CT molecular complexity index is 634. The van der Waals surface area contributed by atoms with E-state index in [1.807, 2.05) is 19.1 Å². The van der Waals surface area contributed by atoms with Gasteiger partial charge in [-0.15, -0.1) is 0 Å². The van der Waals surface area contributed by atoms with E-state index in [0.717, 1.165) is 23.3 Å². The lowest BCUT2D eigenvalue weighted by Gasteiger charge is -2.08. The molecule has 1 nitrogen and oxygen atoms in total. The zero-order valence-corrected chi connectivity index (χ0v) is 10.1. The molecule has 0 unspecified atom stereocenters. The quantitative estimate of drug-likeness (QED) is 0.738. The van der Waals surface area contributed by atoms with Gasteiger partial charge in [0.25, 0.3) is 0 Å². The van der Waals surface area contributed by atoms with Gasteiger partial charge in [0.05, 0.1) is 17.2 Å². The smallest absolute Gasteiger partial charge is 0.192 e. The van der Waals surface area contributed by atoms with Crippen molar-refractivity contribution < 1.29 is 13.2 Å². The molecule has 96 valence electrons. The van der Waals surface area contributed by atoms with Crippen molar-refractivity contribution in [3.8, 4) is 17.2 Å². The number of nitrogens with zero attached hydrogens (tertiary/aromatic N) is 1. The summed E-state index contributed by atoms with van der Waals surface area (Å²) in [5.74, 6) is 0. The topological polar surface area (TPSA) is 23.8 Å². The minimum atomic E-state index is -4.33. The highest BCUT2D eigenvalue weighted by Gasteiger charge is 2.29. The van der Waals surface area contributed by atoms with Gasteiger partial charge in [-0.1, -0.05) is 18.2 Å². The summed E-state index contributed by atoms with van der Waals surface area (Å²) in [7, 11) is 0. The van der Waals surface area contributed by atoms with E-state index in [-0.39, 0.29) is 0 Å². The van der Waals surface area contributed by atoms with Crippen molar-refractivity contribution in [3.05, 3.63) is 59.2 Å². The molecule has 0 fully saturated rings. The van der Waals surface area contributed by atoms with E-state index in [4.69, 9.17) is 5.26 Å². The molecule has 0 saturated heterocycles. The Hall–Kier alpha value is -2.28. The molecule has 0 aliphatic heterocycles. The molecule has 0 aliphatic rings. The van der Waals surface area contributed by atoms with Crippen LogP contribution in [0.4, 0.5) is 13.2 Å². The van der Waals surface area contributed by atoms with Crippen molar-refractivity contribution in [1.82, 2.24) is 0 Å². The van der Waals surface area contributed by atoms with Gasteiger partial charge in [-0.2, -0.15) is 18.4 Å². The van der Waals surface area contributed by atoms with Crippen LogP contribution in [0.2, 0.25) is 0 Å². The first kappa shape index (κ1) is 13.2. The molecule has 0 aromatic heterocycles. The van der Waals surface area contributed by atoms with Crippen LogP contribution >= 0.6 is 0 Å². The van der Waals surface area contributed by atoms with Crippen LogP contribution in [0.15, 0.2) is 42.5 Å². The molecule has 0 N–H and O–H groups in total. The van der Waals surface area contributed by atoms with Crippen LogP contribution in [0.5, 0.6) is 0 Å². The monoisotopic (exact) mass is 261 g/mol. The zero-order chi connectivity index (χ0) is 14.0. The molecule has 4 heteroatoms. The van der Waals surface area contributed by atoms with Gasteiger partial charge in [0.1, 0.15) is 0 Å². The standard InChI is InChI=1S/C15H10F3N/c1-10-6-11(9-19)8-13(7-10)12-2-4-14(5-3-12)15(16,17)18/h2-8H,1H3. The maximum Gasteiger partial charge on any atom is 0.416 e. The number of aryl methyl sites for hydroxylation is 1. The third-order valence-corrected chi connectivity index (χ3v) is 2.75. The van der Waals surface area contributed by atoms with E-state index in [9.17, 15) is 13.2 Å². The molecular formula is C15H10F3N. The first-order valence-corrected chi connectivity index (χ1v) is 5.59. The molecule has 0 aliphatic carbocycles. The van der Waals surface area contributed by atoms with Crippen LogP contribution in [0.1, 0.15) is 16.7 Å². The minimum Gasteiger partial charge on any atom is -0.192 e. The number of nitriles is 1. The molecule has 2 aromatic carbocycles. The maximum absolute atomic E-state index is 12.5. The predicted molar refractivity (Wildman–Crippen MR) is 66.3 cm³/mol. The Balaban J connectivity index is 2.43. The molecule has 0 radical (unpaired) electrons. The van der Waals surface area contributed by atoms with Gasteiger partial charge in [0, 0.05) is 0 Å². The van der Waals surface area contributed by atoms with Crippen LogP contribution < -0.4 is 0 Å². The van der Waals surface area contributed by atoms with Gasteiger partial charge in [-0.25, -0.2) is 0 Å². The molecule has 0 heterocycles. The lowest BCUT2D eigenvalue weighted by Crippen LogP contribution is -2.03. The Morgan fingerprint density at radius 1 is 0.947 bits per heavy atom. The van der Waals surface area contributed by atoms with Crippen LogP contribution in [-0.4, -0.2) is 0 Å². The fourth-order valence-corrected chi connectivity index (χ4v) is 1.87. The summed E-state index contributed by atoms with van der Waals surface area (Å²) in [5.41, 5.74) is 2.12. The van der Waals surface area contributed by atoms with Gasteiger partial charge in [0.2, 0.25) is 0 Å². The van der Waals surface area contributed by atoms with E-state index in [0.29, 0.717) is 11.1 Å². The van der Waals surface area contributed by atoms with Crippen molar-refractivity contribution >= 4 is 0 Å². The number of rotatable bonds is 1. The van der Waals surface area contributed by atoms with Gasteiger partial charge in [-0.05, 0) is 47.9 Å². The van der Waals surface area contributed by atoms with Crippen molar-refractivity contribution in [2.24, 2.45) is 0 Å². The number of benzene rings is 2. The third kappa shape index (κ3) is 2.94. The van der Waals surface area contributed by atoms with Crippen LogP contribution in [0.3, 0.4) is 0 Å². The summed E-state index contributed by atoms with van der Waals surface area (Å²) in [5, 5.41) is 8.89. The Kier molecular flexibility index (Phi) is 3.30. The Morgan fingerprint density at radius 2 is 1.58 bits per heavy atom. The maximum atomic E-state index is 12.5. The number of hydrogen-bond acceptors (Lipinski definition) is 1. The molecule has 2 rings (SSSR count). The summed E-state index contributed by atoms with van der Waals surface area (Å²) in [6.45, 7) is 1.84. The first-order valence-electron chi connectivity index (χ1n) is 5.59. The second-order valence-corrected chi connectivity index (χ2v) is 4.27. The summed E-state index contributed by atoms with van der Waals surface area (Å²) >= 11 is 0. The first-order chi connectivity index (χ1) is 8.90. The summed E-state index contributed by atoms with van der Waals surface area (Å²) in [4.78, 5) is 0. The molecule has 19 heavy (non-hydrogen) atoms. The van der Waals surface area contributed by atoms with Gasteiger partial charge >= 0.3 is 6.18 Å². The molecule has 0 saturated carbocycles. The van der Waals surface area contributed by atoms with Crippen LogP contribution in [-0.2, 0) is 6.18 Å². The van der Waals surface area contributed by atoms with Gasteiger partial charge in [-0.3, -0.25) is 0 Å². The van der Waals surface area contributed by atoms with Crippen LogP contribution in [0.25, 0.3) is 11.1 Å². The molecule has 0 bridgehead atoms. The van der Waals surface area contributed by atoms with Gasteiger partial charge in [0.15, 0.2) is 0 Å². The average molecular weight is 261 g/mol. The number of alkyl halides is 3. The molecular weight excluding hydrogens is 251 g/mol. The molecule has 0 atom stereocenters. The van der Waals surface area contributed by atoms with E-state index < -0.39 is 11.7 Å². The van der Waals surface area contributed by atoms with E-state index in [1.54, 1.807) is 12.1 Å². The van der Waals surface area contributed by atoms with E-state index in [1.165, 1.54) is 12.1 Å². The Labute approximate surface area is 108 Å². The number of hydrogen-bond donors (Lipinski definition) is 0. The van der Waals surface area contributed by atoms with Crippen LogP contribution in [0, 0.1) is 18.3 Å². The average Bonchev–Trinajstić information content (AvgIpc) is 2.37. The summed E-state index contributed by atoms with van der Waals surface area (Å²) < 4.78 is 37.4. The van der Waals surface area contributed by atoms with Crippen molar-refractivity contribution in [2.45, 2.75) is 13.1 Å². The highest BCUT2D eigenvalue weighted by Crippen LogP contribution is 2.31. The predicted octanol–water partition coefficient (Wildman–Crippen LogP) is 4.55. The zero-order valence-electron chi connectivity index (χ0n) is 10.1. The largest absolute Gasteiger partial charge is 0.416 e. The SMILES string of the molecule is Cc1cc(C#N)cc(-c2ccc(C(F)(F)F)cc2)c1. The number of halogens is 3. The summed E-state index contributed by atoms with van der Waals surface area (Å²) in [6, 6.07) is 12.2. The van der Waals surface area contributed by atoms with Crippen molar-refractivity contribution in [2.75, 3.05) is 0 Å². The normalized spacial score (nSPS) is 11.1. The fourth-order valence-electron chi connectivity index (χ4n) is 1.87. The van der Waals surface area contributed by atoms with Gasteiger partial charge < -0.3 is 0 Å². The highest BCUT2D eigenvalue weighted by atomic mass is 19.4. The Morgan fingerprint density at radius 3 is 2.11 bits per heavy atom. The fraction of sp³-hybridized carbons (Fsp3) is 0.133. The molecule has 0 amide bonds. The lowest BCUT2D eigenvalue weighted by atomic mass is 9.99. The van der Waals surface area contributed by atoms with E-state index in [2.05, 4.69) is 0 Å². The van der Waals surface area contributed by atoms with E-state index >= 15 is 0 Å². The third-order valence-electron chi connectivity index (χ3n) is 2.75. The molecule has 2 aromatic rings. The van der Waals surface area contributed by atoms with Crippen molar-refractivity contribution in [1.29, 1.82) is 5.26 Å². The molecule has 0 spiro atoms. The lowest BCUT2D eigenvalue weighted by molar-refractivity contribution is -0.137. The van der Waals surface area contributed by atoms with Crippen molar-refractivity contribution in [3.63, 3.8) is 0 Å².